The normalized spacial score (nSPS) is 13.0. The predicted molar refractivity (Wildman–Crippen MR) is 121 cm³/mol. The third-order valence-corrected chi connectivity index (χ3v) is 6.70. The number of hydrogen-bond acceptors (Lipinski definition) is 5. The number of para-hydroxylation sites is 1. The van der Waals surface area contributed by atoms with E-state index < -0.39 is 21.8 Å². The summed E-state index contributed by atoms with van der Waals surface area (Å²) in [6.45, 7) is 8.63. The summed E-state index contributed by atoms with van der Waals surface area (Å²) in [5.41, 5.74) is -0.451. The minimum atomic E-state index is -1.25. The highest BCUT2D eigenvalue weighted by Gasteiger charge is 2.29. The van der Waals surface area contributed by atoms with Gasteiger partial charge in [0.15, 0.2) is 0 Å². The molecule has 0 N–H and O–H groups in total. The standard InChI is InChI=1S/C24H34O5S/c1-18(2)13-14-24(3,4)23(26)28-15-9-5-6-10-16-30(27)21-17-22(25)29-20-12-8-7-11-19(20)21/h7-8,11-12,17-18H,5-6,9-10,13-16H2,1-4H3. The van der Waals surface area contributed by atoms with Crippen LogP contribution in [-0.4, -0.2) is 22.5 Å². The molecule has 1 atom stereocenters. The SMILES string of the molecule is CC(C)CCC(C)(C)C(=O)OCCCCCCS(=O)c1cc(=O)oc2ccccc12. The molecule has 2 rings (SSSR count). The fourth-order valence-corrected chi connectivity index (χ4v) is 4.51. The van der Waals surface area contributed by atoms with E-state index in [1.807, 2.05) is 26.0 Å². The predicted octanol–water partition coefficient (Wildman–Crippen LogP) is 5.47. The molecule has 0 saturated heterocycles. The van der Waals surface area contributed by atoms with Crippen molar-refractivity contribution in [3.8, 4) is 0 Å². The van der Waals surface area contributed by atoms with Gasteiger partial charge in [0, 0.05) is 17.2 Å². The van der Waals surface area contributed by atoms with E-state index in [-0.39, 0.29) is 5.97 Å². The van der Waals surface area contributed by atoms with E-state index in [0.717, 1.165) is 43.9 Å². The third kappa shape index (κ3) is 7.38. The van der Waals surface area contributed by atoms with Gasteiger partial charge < -0.3 is 9.15 Å². The Kier molecular flexibility index (Phi) is 9.28. The second kappa shape index (κ2) is 11.4. The molecule has 166 valence electrons. The lowest BCUT2D eigenvalue weighted by molar-refractivity contribution is -0.154. The van der Waals surface area contributed by atoms with E-state index >= 15 is 0 Å². The molecule has 0 radical (unpaired) electrons. The molecule has 1 aromatic carbocycles. The fraction of sp³-hybridized carbons (Fsp3) is 0.583. The molecule has 0 aliphatic heterocycles. The van der Waals surface area contributed by atoms with Crippen molar-refractivity contribution >= 4 is 27.7 Å². The lowest BCUT2D eigenvalue weighted by Gasteiger charge is -2.23. The zero-order valence-corrected chi connectivity index (χ0v) is 19.4. The van der Waals surface area contributed by atoms with Crippen molar-refractivity contribution in [1.82, 2.24) is 0 Å². The number of unbranched alkanes of at least 4 members (excludes halogenated alkanes) is 3. The summed E-state index contributed by atoms with van der Waals surface area (Å²) in [6, 6.07) is 8.50. The Bertz CT molecular complexity index is 913. The molecule has 0 aliphatic carbocycles. The molecule has 0 spiro atoms. The highest BCUT2D eigenvalue weighted by Crippen LogP contribution is 2.26. The molecule has 2 aromatic rings. The van der Waals surface area contributed by atoms with Crippen LogP contribution in [0.5, 0.6) is 0 Å². The first-order valence-corrected chi connectivity index (χ1v) is 12.1. The molecule has 30 heavy (non-hydrogen) atoms. The van der Waals surface area contributed by atoms with E-state index in [9.17, 15) is 13.8 Å². The van der Waals surface area contributed by atoms with Crippen LogP contribution in [0.15, 0.2) is 44.4 Å². The van der Waals surface area contributed by atoms with Crippen molar-refractivity contribution in [2.45, 2.75) is 71.1 Å². The van der Waals surface area contributed by atoms with Crippen LogP contribution < -0.4 is 5.63 Å². The highest BCUT2D eigenvalue weighted by molar-refractivity contribution is 7.85. The molecular weight excluding hydrogens is 400 g/mol. The maximum absolute atomic E-state index is 12.7. The highest BCUT2D eigenvalue weighted by atomic mass is 32.2. The van der Waals surface area contributed by atoms with Crippen LogP contribution in [0.2, 0.25) is 0 Å². The molecule has 0 fully saturated rings. The Hall–Kier alpha value is -1.95. The summed E-state index contributed by atoms with van der Waals surface area (Å²) in [6.07, 6.45) is 5.25. The molecule has 0 bridgehead atoms. The van der Waals surface area contributed by atoms with Crippen LogP contribution >= 0.6 is 0 Å². The second-order valence-electron chi connectivity index (χ2n) is 8.84. The van der Waals surface area contributed by atoms with Crippen molar-refractivity contribution in [3.05, 3.63) is 40.8 Å². The average Bonchev–Trinajstić information content (AvgIpc) is 2.70. The van der Waals surface area contributed by atoms with Gasteiger partial charge in [-0.05, 0) is 51.5 Å². The van der Waals surface area contributed by atoms with Crippen LogP contribution in [0.25, 0.3) is 11.0 Å². The Labute approximate surface area is 181 Å². The molecule has 0 saturated carbocycles. The van der Waals surface area contributed by atoms with Crippen LogP contribution in [0, 0.1) is 11.3 Å². The molecule has 1 heterocycles. The Morgan fingerprint density at radius 1 is 1.13 bits per heavy atom. The Balaban J connectivity index is 1.70. The number of carbonyl (C=O) groups is 1. The van der Waals surface area contributed by atoms with Crippen LogP contribution in [-0.2, 0) is 20.3 Å². The number of ether oxygens (including phenoxy) is 1. The van der Waals surface area contributed by atoms with Gasteiger partial charge >= 0.3 is 11.6 Å². The first kappa shape index (κ1) is 24.3. The van der Waals surface area contributed by atoms with Crippen molar-refractivity contribution in [2.75, 3.05) is 12.4 Å². The summed E-state index contributed by atoms with van der Waals surface area (Å²) >= 11 is 0. The summed E-state index contributed by atoms with van der Waals surface area (Å²) in [5.74, 6) is 0.945. The first-order chi connectivity index (χ1) is 14.2. The number of esters is 1. The lowest BCUT2D eigenvalue weighted by atomic mass is 9.85. The molecule has 1 aromatic heterocycles. The van der Waals surface area contributed by atoms with E-state index in [1.165, 1.54) is 6.07 Å². The van der Waals surface area contributed by atoms with Crippen molar-refractivity contribution < 1.29 is 18.2 Å². The molecular formula is C24H34O5S. The van der Waals surface area contributed by atoms with Crippen LogP contribution in [0.4, 0.5) is 0 Å². The first-order valence-electron chi connectivity index (χ1n) is 10.8. The third-order valence-electron chi connectivity index (χ3n) is 5.21. The maximum atomic E-state index is 12.7. The number of benzene rings is 1. The van der Waals surface area contributed by atoms with Gasteiger partial charge in [0.05, 0.1) is 27.7 Å². The quantitative estimate of drug-likeness (QED) is 0.252. The fourth-order valence-electron chi connectivity index (χ4n) is 3.18. The van der Waals surface area contributed by atoms with E-state index in [2.05, 4.69) is 13.8 Å². The van der Waals surface area contributed by atoms with Crippen molar-refractivity contribution in [3.63, 3.8) is 0 Å². The topological polar surface area (TPSA) is 73.6 Å². The maximum Gasteiger partial charge on any atom is 0.337 e. The molecule has 5 nitrogen and oxygen atoms in total. The Morgan fingerprint density at radius 2 is 1.83 bits per heavy atom. The second-order valence-corrected chi connectivity index (χ2v) is 10.4. The van der Waals surface area contributed by atoms with E-state index in [4.69, 9.17) is 9.15 Å². The average molecular weight is 435 g/mol. The number of fused-ring (bicyclic) bond motifs is 1. The molecule has 1 unspecified atom stereocenters. The minimum Gasteiger partial charge on any atom is -0.465 e. The molecule has 0 amide bonds. The number of hydrogen-bond donors (Lipinski definition) is 0. The van der Waals surface area contributed by atoms with E-state index in [0.29, 0.717) is 28.8 Å². The molecule has 6 heteroatoms. The van der Waals surface area contributed by atoms with Crippen LogP contribution in [0.3, 0.4) is 0 Å². The summed E-state index contributed by atoms with van der Waals surface area (Å²) in [5, 5.41) is 0.724. The zero-order chi connectivity index (χ0) is 22.1. The van der Waals surface area contributed by atoms with Gasteiger partial charge in [0.2, 0.25) is 0 Å². The van der Waals surface area contributed by atoms with Crippen LogP contribution in [0.1, 0.15) is 66.2 Å². The summed E-state index contributed by atoms with van der Waals surface area (Å²) in [4.78, 5) is 24.5. The zero-order valence-electron chi connectivity index (χ0n) is 18.6. The summed E-state index contributed by atoms with van der Waals surface area (Å²) in [7, 11) is -1.25. The number of rotatable bonds is 12. The van der Waals surface area contributed by atoms with Gasteiger partial charge in [-0.2, -0.15) is 0 Å². The van der Waals surface area contributed by atoms with Gasteiger partial charge in [-0.3, -0.25) is 9.00 Å². The monoisotopic (exact) mass is 434 g/mol. The Morgan fingerprint density at radius 3 is 2.57 bits per heavy atom. The van der Waals surface area contributed by atoms with Crippen molar-refractivity contribution in [2.24, 2.45) is 11.3 Å². The van der Waals surface area contributed by atoms with Gasteiger partial charge in [-0.1, -0.05) is 44.9 Å². The number of carbonyl (C=O) groups excluding carboxylic acids is 1. The van der Waals surface area contributed by atoms with Gasteiger partial charge in [-0.25, -0.2) is 4.79 Å². The van der Waals surface area contributed by atoms with Gasteiger partial charge in [0.25, 0.3) is 0 Å². The van der Waals surface area contributed by atoms with Crippen molar-refractivity contribution in [1.29, 1.82) is 0 Å². The largest absolute Gasteiger partial charge is 0.465 e. The van der Waals surface area contributed by atoms with Gasteiger partial charge in [-0.15, -0.1) is 0 Å². The van der Waals surface area contributed by atoms with E-state index in [1.54, 1.807) is 12.1 Å². The molecule has 0 aliphatic rings. The minimum absolute atomic E-state index is 0.126. The lowest BCUT2D eigenvalue weighted by Crippen LogP contribution is -2.27. The smallest absolute Gasteiger partial charge is 0.337 e. The van der Waals surface area contributed by atoms with Gasteiger partial charge in [0.1, 0.15) is 5.58 Å². The summed E-state index contributed by atoms with van der Waals surface area (Å²) < 4.78 is 23.3.